The number of rotatable bonds is 4. The molecule has 2 amide bonds. The molecule has 114 valence electrons. The molecule has 0 radical (unpaired) electrons. The Balaban J connectivity index is 2.09. The second-order valence-corrected chi connectivity index (χ2v) is 5.60. The van der Waals surface area contributed by atoms with Crippen LogP contribution in [-0.2, 0) is 16.0 Å². The third-order valence-corrected chi connectivity index (χ3v) is 3.37. The highest BCUT2D eigenvalue weighted by molar-refractivity contribution is 5.90. The van der Waals surface area contributed by atoms with Crippen LogP contribution in [0, 0.1) is 5.92 Å². The van der Waals surface area contributed by atoms with Gasteiger partial charge in [-0.3, -0.25) is 9.59 Å². The summed E-state index contributed by atoms with van der Waals surface area (Å²) in [6, 6.07) is 5.67. The van der Waals surface area contributed by atoms with Gasteiger partial charge < -0.3 is 15.4 Å². The number of ether oxygens (including phenoxy) is 1. The molecule has 1 heterocycles. The molecule has 0 bridgehead atoms. The van der Waals surface area contributed by atoms with Crippen molar-refractivity contribution in [3.05, 3.63) is 23.8 Å². The van der Waals surface area contributed by atoms with Crippen LogP contribution in [0.1, 0.15) is 32.8 Å². The smallest absolute Gasteiger partial charge is 0.227 e. The van der Waals surface area contributed by atoms with Gasteiger partial charge in [-0.1, -0.05) is 6.92 Å². The molecule has 0 spiro atoms. The number of hydrogen-bond acceptors (Lipinski definition) is 3. The summed E-state index contributed by atoms with van der Waals surface area (Å²) in [4.78, 5) is 23.5. The number of fused-ring (bicyclic) bond motifs is 1. The van der Waals surface area contributed by atoms with Crippen LogP contribution in [0.4, 0.5) is 5.69 Å². The fourth-order valence-electron chi connectivity index (χ4n) is 2.29. The molecule has 0 aromatic heterocycles. The van der Waals surface area contributed by atoms with Gasteiger partial charge in [0.25, 0.3) is 0 Å². The maximum absolute atomic E-state index is 12.1. The molecule has 0 saturated carbocycles. The lowest BCUT2D eigenvalue weighted by Gasteiger charge is -2.25. The molecule has 5 nitrogen and oxygen atoms in total. The molecule has 0 saturated heterocycles. The Labute approximate surface area is 125 Å². The molecule has 1 aliphatic rings. The van der Waals surface area contributed by atoms with Crippen LogP contribution in [0.15, 0.2) is 18.2 Å². The van der Waals surface area contributed by atoms with Crippen LogP contribution in [0.25, 0.3) is 0 Å². The zero-order valence-electron chi connectivity index (χ0n) is 12.7. The predicted octanol–water partition coefficient (Wildman–Crippen LogP) is 2.11. The first-order valence-corrected chi connectivity index (χ1v) is 7.35. The van der Waals surface area contributed by atoms with Gasteiger partial charge in [0.2, 0.25) is 11.8 Å². The van der Waals surface area contributed by atoms with Gasteiger partial charge in [-0.15, -0.1) is 0 Å². The minimum Gasteiger partial charge on any atom is -0.492 e. The van der Waals surface area contributed by atoms with Crippen molar-refractivity contribution >= 4 is 17.5 Å². The van der Waals surface area contributed by atoms with Crippen molar-refractivity contribution in [2.45, 2.75) is 39.7 Å². The number of amides is 2. The van der Waals surface area contributed by atoms with E-state index in [2.05, 4.69) is 10.6 Å². The molecule has 0 aliphatic carbocycles. The van der Waals surface area contributed by atoms with Crippen molar-refractivity contribution in [3.8, 4) is 5.75 Å². The van der Waals surface area contributed by atoms with E-state index < -0.39 is 0 Å². The van der Waals surface area contributed by atoms with E-state index in [9.17, 15) is 9.59 Å². The normalized spacial score (nSPS) is 16.9. The zero-order chi connectivity index (χ0) is 15.4. The molecule has 0 unspecified atom stereocenters. The van der Waals surface area contributed by atoms with Gasteiger partial charge in [0.05, 0.1) is 5.92 Å². The number of benzene rings is 1. The fraction of sp³-hybridized carbons (Fsp3) is 0.500. The highest BCUT2D eigenvalue weighted by atomic mass is 16.5. The van der Waals surface area contributed by atoms with E-state index >= 15 is 0 Å². The number of carbonyl (C=O) groups excluding carboxylic acids is 2. The summed E-state index contributed by atoms with van der Waals surface area (Å²) < 4.78 is 5.65. The maximum Gasteiger partial charge on any atom is 0.227 e. The van der Waals surface area contributed by atoms with E-state index in [-0.39, 0.29) is 23.8 Å². The Hall–Kier alpha value is -2.04. The van der Waals surface area contributed by atoms with Crippen LogP contribution in [0.5, 0.6) is 5.75 Å². The number of hydrogen-bond donors (Lipinski definition) is 2. The number of nitrogens with one attached hydrogen (secondary N) is 2. The molecule has 1 aromatic carbocycles. The number of anilines is 1. The lowest BCUT2D eigenvalue weighted by atomic mass is 9.95. The van der Waals surface area contributed by atoms with Gasteiger partial charge in [-0.2, -0.15) is 0 Å². The average Bonchev–Trinajstić information content (AvgIpc) is 2.45. The lowest BCUT2D eigenvalue weighted by Crippen LogP contribution is -2.40. The molecular formula is C16H22N2O3. The highest BCUT2D eigenvalue weighted by Crippen LogP contribution is 2.30. The SMILES string of the molecule is CCC(=O)Nc1ccc2c(c1)C[C@@H](C(=O)NC(C)C)CO2. The van der Waals surface area contributed by atoms with Crippen molar-refractivity contribution in [3.63, 3.8) is 0 Å². The fourth-order valence-corrected chi connectivity index (χ4v) is 2.29. The third-order valence-electron chi connectivity index (χ3n) is 3.37. The first kappa shape index (κ1) is 15.4. The largest absolute Gasteiger partial charge is 0.492 e. The Morgan fingerprint density at radius 2 is 2.14 bits per heavy atom. The van der Waals surface area contributed by atoms with Gasteiger partial charge in [0.1, 0.15) is 12.4 Å². The monoisotopic (exact) mass is 290 g/mol. The topological polar surface area (TPSA) is 67.4 Å². The van der Waals surface area contributed by atoms with E-state index in [0.717, 1.165) is 17.0 Å². The van der Waals surface area contributed by atoms with Crippen LogP contribution >= 0.6 is 0 Å². The van der Waals surface area contributed by atoms with Gasteiger partial charge >= 0.3 is 0 Å². The Morgan fingerprint density at radius 1 is 1.38 bits per heavy atom. The quantitative estimate of drug-likeness (QED) is 0.892. The minimum absolute atomic E-state index is 0.0126. The molecule has 5 heteroatoms. The van der Waals surface area contributed by atoms with Crippen molar-refractivity contribution in [1.29, 1.82) is 0 Å². The van der Waals surface area contributed by atoms with Gasteiger partial charge in [-0.25, -0.2) is 0 Å². The van der Waals surface area contributed by atoms with Gasteiger partial charge in [0.15, 0.2) is 0 Å². The first-order valence-electron chi connectivity index (χ1n) is 7.35. The van der Waals surface area contributed by atoms with E-state index in [1.54, 1.807) is 0 Å². The van der Waals surface area contributed by atoms with Crippen LogP contribution in [0.3, 0.4) is 0 Å². The Bertz CT molecular complexity index is 540. The molecule has 0 fully saturated rings. The summed E-state index contributed by atoms with van der Waals surface area (Å²) in [7, 11) is 0. The summed E-state index contributed by atoms with van der Waals surface area (Å²) in [6.45, 7) is 6.08. The minimum atomic E-state index is -0.183. The van der Waals surface area contributed by atoms with Crippen LogP contribution < -0.4 is 15.4 Å². The van der Waals surface area contributed by atoms with Crippen LogP contribution in [0.2, 0.25) is 0 Å². The van der Waals surface area contributed by atoms with E-state index in [4.69, 9.17) is 4.74 Å². The maximum atomic E-state index is 12.1. The van der Waals surface area contributed by atoms with Crippen molar-refractivity contribution in [2.75, 3.05) is 11.9 Å². The summed E-state index contributed by atoms with van der Waals surface area (Å²) in [5, 5.41) is 5.73. The van der Waals surface area contributed by atoms with E-state index in [1.165, 1.54) is 0 Å². The summed E-state index contributed by atoms with van der Waals surface area (Å²) >= 11 is 0. The lowest BCUT2D eigenvalue weighted by molar-refractivity contribution is -0.126. The van der Waals surface area contributed by atoms with Gasteiger partial charge in [-0.05, 0) is 44.0 Å². The summed E-state index contributed by atoms with van der Waals surface area (Å²) in [5.41, 5.74) is 1.70. The zero-order valence-corrected chi connectivity index (χ0v) is 12.7. The molecule has 1 aliphatic heterocycles. The van der Waals surface area contributed by atoms with Gasteiger partial charge in [0, 0.05) is 18.2 Å². The Morgan fingerprint density at radius 3 is 2.81 bits per heavy atom. The highest BCUT2D eigenvalue weighted by Gasteiger charge is 2.26. The average molecular weight is 290 g/mol. The third kappa shape index (κ3) is 3.97. The second kappa shape index (κ2) is 6.61. The summed E-state index contributed by atoms with van der Waals surface area (Å²) in [6.07, 6.45) is 1.07. The van der Waals surface area contributed by atoms with Crippen molar-refractivity contribution in [2.24, 2.45) is 5.92 Å². The molecule has 21 heavy (non-hydrogen) atoms. The van der Waals surface area contributed by atoms with Crippen molar-refractivity contribution in [1.82, 2.24) is 5.32 Å². The molecule has 1 atom stereocenters. The molecule has 1 aromatic rings. The molecule has 2 rings (SSSR count). The Kier molecular flexibility index (Phi) is 4.83. The predicted molar refractivity (Wildman–Crippen MR) is 81.3 cm³/mol. The first-order chi connectivity index (χ1) is 9.99. The molecular weight excluding hydrogens is 268 g/mol. The van der Waals surface area contributed by atoms with E-state index in [0.29, 0.717) is 19.4 Å². The second-order valence-electron chi connectivity index (χ2n) is 5.60. The van der Waals surface area contributed by atoms with Crippen LogP contribution in [-0.4, -0.2) is 24.5 Å². The molecule has 2 N–H and O–H groups in total. The number of carbonyl (C=O) groups is 2. The van der Waals surface area contributed by atoms with Crippen molar-refractivity contribution < 1.29 is 14.3 Å². The standard InChI is InChI=1S/C16H22N2O3/c1-4-15(19)18-13-5-6-14-11(8-13)7-12(9-21-14)16(20)17-10(2)3/h5-6,8,10,12H,4,7,9H2,1-3H3,(H,17,20)(H,18,19)/t12-/m1/s1. The van der Waals surface area contributed by atoms with E-state index in [1.807, 2.05) is 39.0 Å². The summed E-state index contributed by atoms with van der Waals surface area (Å²) in [5.74, 6) is 0.592.